The van der Waals surface area contributed by atoms with Gasteiger partial charge in [-0.15, -0.1) is 11.3 Å². The fourth-order valence-corrected chi connectivity index (χ4v) is 1.39. The summed E-state index contributed by atoms with van der Waals surface area (Å²) in [5, 5.41) is 0.907. The Morgan fingerprint density at radius 1 is 1.82 bits per heavy atom. The largest absolute Gasteiger partial charge is 0.376 e. The number of Topliss-reactive ketones (excluding diaryl/α,β-unsaturated/α-hetero) is 1. The van der Waals surface area contributed by atoms with Crippen LogP contribution in [0.15, 0.2) is 6.20 Å². The SMILES string of the molecule is COCC(=O)c1cnc(C)s1. The van der Waals surface area contributed by atoms with Gasteiger partial charge < -0.3 is 4.74 Å². The second-order valence-electron chi connectivity index (χ2n) is 2.10. The van der Waals surface area contributed by atoms with E-state index in [1.807, 2.05) is 6.92 Å². The van der Waals surface area contributed by atoms with E-state index in [9.17, 15) is 4.79 Å². The maximum Gasteiger partial charge on any atom is 0.199 e. The van der Waals surface area contributed by atoms with Crippen molar-refractivity contribution in [3.63, 3.8) is 0 Å². The number of ether oxygens (including phenoxy) is 1. The molecule has 0 radical (unpaired) electrons. The van der Waals surface area contributed by atoms with Gasteiger partial charge in [-0.3, -0.25) is 4.79 Å². The second kappa shape index (κ2) is 3.59. The zero-order chi connectivity index (χ0) is 8.27. The first-order valence-corrected chi connectivity index (χ1v) is 4.00. The number of hydrogen-bond donors (Lipinski definition) is 0. The van der Waals surface area contributed by atoms with Crippen molar-refractivity contribution in [2.75, 3.05) is 13.7 Å². The summed E-state index contributed by atoms with van der Waals surface area (Å²) in [6.45, 7) is 2.01. The van der Waals surface area contributed by atoms with Gasteiger partial charge in [0, 0.05) is 13.3 Å². The van der Waals surface area contributed by atoms with Crippen LogP contribution in [0.2, 0.25) is 0 Å². The van der Waals surface area contributed by atoms with Gasteiger partial charge >= 0.3 is 0 Å². The average molecular weight is 171 g/mol. The molecule has 11 heavy (non-hydrogen) atoms. The molecule has 0 saturated carbocycles. The molecule has 0 fully saturated rings. The molecule has 0 aliphatic rings. The van der Waals surface area contributed by atoms with Crippen molar-refractivity contribution in [1.29, 1.82) is 0 Å². The van der Waals surface area contributed by atoms with Crippen LogP contribution in [-0.4, -0.2) is 24.5 Å². The molecule has 0 atom stereocenters. The number of nitrogens with zero attached hydrogens (tertiary/aromatic N) is 1. The van der Waals surface area contributed by atoms with Crippen molar-refractivity contribution in [3.05, 3.63) is 16.1 Å². The minimum Gasteiger partial charge on any atom is -0.376 e. The number of carbonyl (C=O) groups excluding carboxylic acids is 1. The molecule has 0 aliphatic carbocycles. The topological polar surface area (TPSA) is 39.2 Å². The molecule has 0 amide bonds. The summed E-state index contributed by atoms with van der Waals surface area (Å²) in [5.74, 6) is -0.00176. The van der Waals surface area contributed by atoms with E-state index in [1.54, 1.807) is 6.20 Å². The Labute approximate surface area is 69.0 Å². The molecule has 3 nitrogen and oxygen atoms in total. The highest BCUT2D eigenvalue weighted by Crippen LogP contribution is 2.11. The summed E-state index contributed by atoms with van der Waals surface area (Å²) < 4.78 is 4.70. The van der Waals surface area contributed by atoms with Gasteiger partial charge in [-0.25, -0.2) is 4.98 Å². The molecule has 1 heterocycles. The van der Waals surface area contributed by atoms with Crippen molar-refractivity contribution in [2.24, 2.45) is 0 Å². The van der Waals surface area contributed by atoms with E-state index in [4.69, 9.17) is 4.74 Å². The van der Waals surface area contributed by atoms with Crippen LogP contribution in [0, 0.1) is 6.92 Å². The third-order valence-electron chi connectivity index (χ3n) is 1.17. The molecule has 1 aromatic heterocycles. The molecule has 0 bridgehead atoms. The maximum atomic E-state index is 11.1. The monoisotopic (exact) mass is 171 g/mol. The van der Waals surface area contributed by atoms with Crippen molar-refractivity contribution < 1.29 is 9.53 Å². The van der Waals surface area contributed by atoms with Crippen LogP contribution >= 0.6 is 11.3 Å². The van der Waals surface area contributed by atoms with Crippen molar-refractivity contribution in [2.45, 2.75) is 6.92 Å². The number of thiazole rings is 1. The molecule has 1 rings (SSSR count). The van der Waals surface area contributed by atoms with Crippen LogP contribution in [0.25, 0.3) is 0 Å². The van der Waals surface area contributed by atoms with Crippen LogP contribution in [0.3, 0.4) is 0 Å². The molecule has 0 saturated heterocycles. The van der Waals surface area contributed by atoms with Crippen molar-refractivity contribution in [3.8, 4) is 0 Å². The number of aromatic nitrogens is 1. The Morgan fingerprint density at radius 2 is 2.55 bits per heavy atom. The van der Waals surface area contributed by atoms with Gasteiger partial charge in [0.05, 0.1) is 9.88 Å². The lowest BCUT2D eigenvalue weighted by Gasteiger charge is -1.91. The molecule has 0 unspecified atom stereocenters. The Hall–Kier alpha value is -0.740. The fraction of sp³-hybridized carbons (Fsp3) is 0.429. The highest BCUT2D eigenvalue weighted by Gasteiger charge is 2.07. The quantitative estimate of drug-likeness (QED) is 0.643. The van der Waals surface area contributed by atoms with E-state index in [2.05, 4.69) is 4.98 Å². The van der Waals surface area contributed by atoms with Gasteiger partial charge in [-0.2, -0.15) is 0 Å². The van der Waals surface area contributed by atoms with Crippen LogP contribution < -0.4 is 0 Å². The normalized spacial score (nSPS) is 10.0. The van der Waals surface area contributed by atoms with Crippen LogP contribution in [0.4, 0.5) is 0 Å². The number of methoxy groups -OCH3 is 1. The molecule has 0 aromatic carbocycles. The molecule has 0 spiro atoms. The Morgan fingerprint density at radius 3 is 3.00 bits per heavy atom. The lowest BCUT2D eigenvalue weighted by atomic mass is 10.4. The summed E-state index contributed by atoms with van der Waals surface area (Å²) in [6, 6.07) is 0. The van der Waals surface area contributed by atoms with Gasteiger partial charge in [0.1, 0.15) is 6.61 Å². The fourth-order valence-electron chi connectivity index (χ4n) is 0.693. The van der Waals surface area contributed by atoms with E-state index in [0.717, 1.165) is 5.01 Å². The van der Waals surface area contributed by atoms with Crippen molar-refractivity contribution >= 4 is 17.1 Å². The summed E-state index contributed by atoms with van der Waals surface area (Å²) in [4.78, 5) is 15.7. The van der Waals surface area contributed by atoms with Crippen molar-refractivity contribution in [1.82, 2.24) is 4.98 Å². The number of rotatable bonds is 3. The summed E-state index contributed by atoms with van der Waals surface area (Å²) in [7, 11) is 1.51. The highest BCUT2D eigenvalue weighted by atomic mass is 32.1. The van der Waals surface area contributed by atoms with Gasteiger partial charge in [0.2, 0.25) is 0 Å². The van der Waals surface area contributed by atoms with E-state index in [1.165, 1.54) is 18.4 Å². The average Bonchev–Trinajstić information content (AvgIpc) is 2.36. The first-order chi connectivity index (χ1) is 5.24. The Kier molecular flexibility index (Phi) is 2.73. The zero-order valence-corrected chi connectivity index (χ0v) is 7.27. The third kappa shape index (κ3) is 2.10. The summed E-state index contributed by atoms with van der Waals surface area (Å²) in [6.07, 6.45) is 1.58. The first-order valence-electron chi connectivity index (χ1n) is 3.18. The predicted octanol–water partition coefficient (Wildman–Crippen LogP) is 1.28. The molecule has 4 heteroatoms. The number of carbonyl (C=O) groups is 1. The predicted molar refractivity (Wildman–Crippen MR) is 43.1 cm³/mol. The minimum atomic E-state index is -0.00176. The lowest BCUT2D eigenvalue weighted by Crippen LogP contribution is -2.04. The van der Waals surface area contributed by atoms with Crippen LogP contribution in [-0.2, 0) is 4.74 Å². The summed E-state index contributed by atoms with van der Waals surface area (Å²) in [5.41, 5.74) is 0. The third-order valence-corrected chi connectivity index (χ3v) is 2.13. The molecule has 0 N–H and O–H groups in total. The van der Waals surface area contributed by atoms with Gasteiger partial charge in [0.15, 0.2) is 5.78 Å². The minimum absolute atomic E-state index is 0.00176. The molecule has 60 valence electrons. The number of ketones is 1. The first kappa shape index (κ1) is 8.36. The second-order valence-corrected chi connectivity index (χ2v) is 3.33. The van der Waals surface area contributed by atoms with E-state index < -0.39 is 0 Å². The van der Waals surface area contributed by atoms with E-state index in [0.29, 0.717) is 4.88 Å². The molecule has 0 aliphatic heterocycles. The van der Waals surface area contributed by atoms with Crippen LogP contribution in [0.5, 0.6) is 0 Å². The van der Waals surface area contributed by atoms with Gasteiger partial charge in [-0.05, 0) is 6.92 Å². The lowest BCUT2D eigenvalue weighted by molar-refractivity contribution is 0.0852. The van der Waals surface area contributed by atoms with E-state index in [-0.39, 0.29) is 12.4 Å². The zero-order valence-electron chi connectivity index (χ0n) is 6.46. The maximum absolute atomic E-state index is 11.1. The van der Waals surface area contributed by atoms with Gasteiger partial charge in [0.25, 0.3) is 0 Å². The molecular formula is C7H9NO2S. The smallest absolute Gasteiger partial charge is 0.199 e. The molecular weight excluding hydrogens is 162 g/mol. The standard InChI is InChI=1S/C7H9NO2S/c1-5-8-3-7(11-5)6(9)4-10-2/h3H,4H2,1-2H3. The Balaban J connectivity index is 2.69. The van der Waals surface area contributed by atoms with E-state index >= 15 is 0 Å². The molecule has 1 aromatic rings. The van der Waals surface area contributed by atoms with Crippen LogP contribution in [0.1, 0.15) is 14.7 Å². The highest BCUT2D eigenvalue weighted by molar-refractivity contribution is 7.13. The summed E-state index contributed by atoms with van der Waals surface area (Å²) >= 11 is 1.40. The number of aryl methyl sites for hydroxylation is 1. The Bertz CT molecular complexity index is 257. The number of hydrogen-bond acceptors (Lipinski definition) is 4. The van der Waals surface area contributed by atoms with Gasteiger partial charge in [-0.1, -0.05) is 0 Å².